The first-order chi connectivity index (χ1) is 9.54. The third-order valence-electron chi connectivity index (χ3n) is 5.73. The molecule has 2 saturated carbocycles. The van der Waals surface area contributed by atoms with Crippen LogP contribution in [-0.2, 0) is 9.53 Å². The quantitative estimate of drug-likeness (QED) is 0.781. The Morgan fingerprint density at radius 2 is 2.05 bits per heavy atom. The molecule has 0 spiro atoms. The molecular weight excluding hydrogens is 252 g/mol. The fourth-order valence-electron chi connectivity index (χ4n) is 3.91. The van der Waals surface area contributed by atoms with Gasteiger partial charge in [0.25, 0.3) is 0 Å². The van der Waals surface area contributed by atoms with Crippen molar-refractivity contribution in [2.75, 3.05) is 32.8 Å². The molecule has 0 aromatic carbocycles. The van der Waals surface area contributed by atoms with Crippen molar-refractivity contribution in [1.29, 1.82) is 0 Å². The van der Waals surface area contributed by atoms with E-state index in [1.54, 1.807) is 0 Å². The largest absolute Gasteiger partial charge is 0.373 e. The number of hydrogen-bond donors (Lipinski definition) is 0. The second kappa shape index (κ2) is 4.44. The van der Waals surface area contributed by atoms with Gasteiger partial charge in [-0.3, -0.25) is 9.69 Å². The van der Waals surface area contributed by atoms with Gasteiger partial charge < -0.3 is 9.64 Å². The summed E-state index contributed by atoms with van der Waals surface area (Å²) < 4.78 is 5.93. The highest BCUT2D eigenvalue weighted by Crippen LogP contribution is 2.52. The highest BCUT2D eigenvalue weighted by Gasteiger charge is 2.54. The molecule has 20 heavy (non-hydrogen) atoms. The summed E-state index contributed by atoms with van der Waals surface area (Å²) in [6.07, 6.45) is 4.11. The molecular formula is C16H26N2O2. The topological polar surface area (TPSA) is 32.8 Å². The number of likely N-dealkylation sites (tertiary alicyclic amines) is 1. The van der Waals surface area contributed by atoms with Crippen LogP contribution in [0.3, 0.4) is 0 Å². The van der Waals surface area contributed by atoms with Gasteiger partial charge in [-0.05, 0) is 30.6 Å². The average Bonchev–Trinajstić information content (AvgIpc) is 3.27. The highest BCUT2D eigenvalue weighted by atomic mass is 16.5. The first kappa shape index (κ1) is 13.1. The molecule has 2 aliphatic heterocycles. The molecule has 4 aliphatic rings. The summed E-state index contributed by atoms with van der Waals surface area (Å²) in [6, 6.07) is 0.454. The van der Waals surface area contributed by atoms with E-state index in [0.29, 0.717) is 11.9 Å². The summed E-state index contributed by atoms with van der Waals surface area (Å²) in [4.78, 5) is 17.2. The maximum Gasteiger partial charge on any atom is 0.226 e. The fraction of sp³-hybridized carbons (Fsp3) is 0.938. The Morgan fingerprint density at radius 3 is 2.70 bits per heavy atom. The lowest BCUT2D eigenvalue weighted by atomic mass is 10.1. The van der Waals surface area contributed by atoms with Crippen LogP contribution in [-0.4, -0.2) is 60.6 Å². The second-order valence-electron chi connectivity index (χ2n) is 7.90. The first-order valence-corrected chi connectivity index (χ1v) is 8.19. The van der Waals surface area contributed by atoms with Crippen molar-refractivity contribution in [3.05, 3.63) is 0 Å². The molecule has 4 rings (SSSR count). The fourth-order valence-corrected chi connectivity index (χ4v) is 3.91. The molecule has 0 aromatic heterocycles. The van der Waals surface area contributed by atoms with Crippen LogP contribution in [0.15, 0.2) is 0 Å². The molecule has 2 saturated heterocycles. The van der Waals surface area contributed by atoms with Gasteiger partial charge in [-0.1, -0.05) is 13.8 Å². The maximum atomic E-state index is 12.6. The Labute approximate surface area is 121 Å². The lowest BCUT2D eigenvalue weighted by Crippen LogP contribution is -2.51. The van der Waals surface area contributed by atoms with Crippen molar-refractivity contribution < 1.29 is 9.53 Å². The van der Waals surface area contributed by atoms with Crippen LogP contribution in [0.4, 0.5) is 0 Å². The van der Waals surface area contributed by atoms with Gasteiger partial charge >= 0.3 is 0 Å². The third kappa shape index (κ3) is 2.27. The van der Waals surface area contributed by atoms with Crippen molar-refractivity contribution in [1.82, 2.24) is 9.80 Å². The molecule has 2 aliphatic carbocycles. The Hall–Kier alpha value is -0.610. The normalized spacial score (nSPS) is 39.7. The van der Waals surface area contributed by atoms with Gasteiger partial charge in [-0.15, -0.1) is 0 Å². The molecule has 3 atom stereocenters. The van der Waals surface area contributed by atoms with E-state index in [-0.39, 0.29) is 17.4 Å². The standard InChI is InChI=1S/C16H26N2O2/c1-16(2)7-12(16)15(19)18-9-13-14(10-18)20-6-5-17(13)8-11-3-4-11/h11-14H,3-10H2,1-2H3/t12?,13-,14-/m0/s1. The maximum absolute atomic E-state index is 12.6. The minimum Gasteiger partial charge on any atom is -0.373 e. The van der Waals surface area contributed by atoms with E-state index in [4.69, 9.17) is 4.74 Å². The number of carbonyl (C=O) groups excluding carboxylic acids is 1. The van der Waals surface area contributed by atoms with Gasteiger partial charge in [0.2, 0.25) is 5.91 Å². The number of carbonyl (C=O) groups is 1. The number of nitrogens with zero attached hydrogens (tertiary/aromatic N) is 2. The molecule has 2 heterocycles. The number of morpholine rings is 1. The number of amides is 1. The van der Waals surface area contributed by atoms with Gasteiger partial charge in [0.05, 0.1) is 18.8 Å². The lowest BCUT2D eigenvalue weighted by Gasteiger charge is -2.36. The third-order valence-corrected chi connectivity index (χ3v) is 5.73. The van der Waals surface area contributed by atoms with Crippen molar-refractivity contribution in [2.45, 2.75) is 45.3 Å². The van der Waals surface area contributed by atoms with Gasteiger partial charge in [0.15, 0.2) is 0 Å². The van der Waals surface area contributed by atoms with Crippen molar-refractivity contribution >= 4 is 5.91 Å². The molecule has 112 valence electrons. The van der Waals surface area contributed by atoms with Crippen LogP contribution in [0.2, 0.25) is 0 Å². The first-order valence-electron chi connectivity index (χ1n) is 8.19. The summed E-state index contributed by atoms with van der Waals surface area (Å²) in [6.45, 7) is 9.23. The second-order valence-corrected chi connectivity index (χ2v) is 7.90. The van der Waals surface area contributed by atoms with Crippen molar-refractivity contribution in [3.63, 3.8) is 0 Å². The summed E-state index contributed by atoms with van der Waals surface area (Å²) >= 11 is 0. The van der Waals surface area contributed by atoms with Crippen LogP contribution in [0.5, 0.6) is 0 Å². The predicted molar refractivity (Wildman–Crippen MR) is 76.3 cm³/mol. The number of fused-ring (bicyclic) bond motifs is 1. The van der Waals surface area contributed by atoms with Crippen LogP contribution < -0.4 is 0 Å². The summed E-state index contributed by atoms with van der Waals surface area (Å²) in [5, 5.41) is 0. The molecule has 0 bridgehead atoms. The molecule has 0 N–H and O–H groups in total. The SMILES string of the molecule is CC1(C)CC1C(=O)N1C[C@@H]2OCCN(CC3CC3)[C@H]2C1. The summed E-state index contributed by atoms with van der Waals surface area (Å²) in [7, 11) is 0. The number of rotatable bonds is 3. The lowest BCUT2D eigenvalue weighted by molar-refractivity contribution is -0.132. The summed E-state index contributed by atoms with van der Waals surface area (Å²) in [5.41, 5.74) is 0.236. The van der Waals surface area contributed by atoms with Gasteiger partial charge in [0.1, 0.15) is 0 Å². The highest BCUT2D eigenvalue weighted by molar-refractivity contribution is 5.83. The van der Waals surface area contributed by atoms with E-state index >= 15 is 0 Å². The van der Waals surface area contributed by atoms with Crippen LogP contribution in [0.1, 0.15) is 33.1 Å². The molecule has 0 aromatic rings. The Kier molecular flexibility index (Phi) is 2.90. The monoisotopic (exact) mass is 278 g/mol. The van der Waals surface area contributed by atoms with Gasteiger partial charge in [-0.25, -0.2) is 0 Å². The number of ether oxygens (including phenoxy) is 1. The minimum absolute atomic E-state index is 0.236. The van der Waals surface area contributed by atoms with Crippen LogP contribution in [0, 0.1) is 17.3 Å². The van der Waals surface area contributed by atoms with Crippen LogP contribution in [0.25, 0.3) is 0 Å². The zero-order valence-corrected chi connectivity index (χ0v) is 12.7. The predicted octanol–water partition coefficient (Wildman–Crippen LogP) is 1.35. The molecule has 1 unspecified atom stereocenters. The van der Waals surface area contributed by atoms with E-state index in [1.165, 1.54) is 19.4 Å². The zero-order chi connectivity index (χ0) is 13.9. The van der Waals surface area contributed by atoms with Gasteiger partial charge in [-0.2, -0.15) is 0 Å². The average molecular weight is 278 g/mol. The van der Waals surface area contributed by atoms with E-state index in [1.807, 2.05) is 0 Å². The molecule has 0 radical (unpaired) electrons. The smallest absolute Gasteiger partial charge is 0.226 e. The molecule has 4 fully saturated rings. The van der Waals surface area contributed by atoms with E-state index in [0.717, 1.165) is 38.6 Å². The zero-order valence-electron chi connectivity index (χ0n) is 12.7. The van der Waals surface area contributed by atoms with Crippen molar-refractivity contribution in [2.24, 2.45) is 17.3 Å². The molecule has 1 amide bonds. The number of hydrogen-bond acceptors (Lipinski definition) is 3. The summed E-state index contributed by atoms with van der Waals surface area (Å²) in [5.74, 6) is 1.56. The van der Waals surface area contributed by atoms with Crippen LogP contribution >= 0.6 is 0 Å². The Bertz CT molecular complexity index is 419. The van der Waals surface area contributed by atoms with E-state index in [9.17, 15) is 4.79 Å². The van der Waals surface area contributed by atoms with E-state index < -0.39 is 0 Å². The van der Waals surface area contributed by atoms with Gasteiger partial charge in [0, 0.05) is 32.1 Å². The Morgan fingerprint density at radius 1 is 1.30 bits per heavy atom. The molecule has 4 heteroatoms. The van der Waals surface area contributed by atoms with Crippen molar-refractivity contribution in [3.8, 4) is 0 Å². The Balaban J connectivity index is 1.41. The molecule has 4 nitrogen and oxygen atoms in total. The van der Waals surface area contributed by atoms with E-state index in [2.05, 4.69) is 23.6 Å². The minimum atomic E-state index is 0.236.